The second kappa shape index (κ2) is 3.85. The van der Waals surface area contributed by atoms with Crippen LogP contribution in [-0.2, 0) is 11.3 Å². The number of aromatic nitrogens is 1. The van der Waals surface area contributed by atoms with Crippen LogP contribution in [0.4, 0.5) is 0 Å². The van der Waals surface area contributed by atoms with Gasteiger partial charge in [-0.05, 0) is 18.6 Å². The van der Waals surface area contributed by atoms with Crippen molar-refractivity contribution in [3.05, 3.63) is 48.2 Å². The van der Waals surface area contributed by atoms with Gasteiger partial charge in [-0.1, -0.05) is 24.8 Å². The molecule has 0 saturated heterocycles. The molecule has 0 bridgehead atoms. The van der Waals surface area contributed by atoms with Gasteiger partial charge in [-0.15, -0.1) is 0 Å². The average molecular weight is 215 g/mol. The van der Waals surface area contributed by atoms with E-state index < -0.39 is 5.97 Å². The minimum absolute atomic E-state index is 0.195. The van der Waals surface area contributed by atoms with Gasteiger partial charge in [0.1, 0.15) is 0 Å². The van der Waals surface area contributed by atoms with Crippen LogP contribution >= 0.6 is 0 Å². The number of rotatable bonds is 3. The number of carboxylic acid groups (broad SMARTS) is 1. The molecule has 0 atom stereocenters. The Hall–Kier alpha value is -2.03. The summed E-state index contributed by atoms with van der Waals surface area (Å²) in [6.07, 6.45) is 1.96. The molecule has 16 heavy (non-hydrogen) atoms. The molecule has 0 amide bonds. The lowest BCUT2D eigenvalue weighted by Crippen LogP contribution is -2.07. The van der Waals surface area contributed by atoms with Gasteiger partial charge in [0, 0.05) is 22.7 Å². The summed E-state index contributed by atoms with van der Waals surface area (Å²) in [5, 5.41) is 9.96. The fourth-order valence-corrected chi connectivity index (χ4v) is 1.83. The van der Waals surface area contributed by atoms with E-state index in [1.54, 1.807) is 0 Å². The molecule has 1 aromatic heterocycles. The molecular weight excluding hydrogens is 202 g/mol. The highest BCUT2D eigenvalue weighted by Crippen LogP contribution is 2.20. The summed E-state index contributed by atoms with van der Waals surface area (Å²) in [5.41, 5.74) is 2.39. The maximum Gasteiger partial charge on any atom is 0.332 e. The van der Waals surface area contributed by atoms with E-state index in [1.807, 2.05) is 42.0 Å². The topological polar surface area (TPSA) is 42.2 Å². The van der Waals surface area contributed by atoms with E-state index in [4.69, 9.17) is 5.11 Å². The molecular formula is C13H13NO2. The second-order valence-electron chi connectivity index (χ2n) is 3.87. The first-order valence-electron chi connectivity index (χ1n) is 5.05. The Kier molecular flexibility index (Phi) is 2.52. The number of aryl methyl sites for hydroxylation is 1. The van der Waals surface area contributed by atoms with Crippen LogP contribution in [0.5, 0.6) is 0 Å². The third kappa shape index (κ3) is 1.72. The zero-order valence-corrected chi connectivity index (χ0v) is 9.10. The Morgan fingerprint density at radius 2 is 2.12 bits per heavy atom. The molecule has 0 fully saturated rings. The van der Waals surface area contributed by atoms with Crippen molar-refractivity contribution in [2.75, 3.05) is 0 Å². The SMILES string of the molecule is C=C(Cn1cc(C)c2ccccc21)C(=O)O. The fraction of sp³-hybridized carbons (Fsp3) is 0.154. The molecule has 0 saturated carbocycles. The Bertz CT molecular complexity index is 566. The van der Waals surface area contributed by atoms with Crippen LogP contribution in [0.15, 0.2) is 42.6 Å². The highest BCUT2D eigenvalue weighted by molar-refractivity contribution is 5.87. The Labute approximate surface area is 93.6 Å². The molecule has 0 aliphatic rings. The van der Waals surface area contributed by atoms with Gasteiger partial charge >= 0.3 is 5.97 Å². The molecule has 1 aromatic carbocycles. The predicted octanol–water partition coefficient (Wildman–Crippen LogP) is 2.59. The molecule has 2 rings (SSSR count). The maximum absolute atomic E-state index is 10.7. The first-order chi connectivity index (χ1) is 7.59. The van der Waals surface area contributed by atoms with Gasteiger partial charge < -0.3 is 9.67 Å². The minimum Gasteiger partial charge on any atom is -0.478 e. The van der Waals surface area contributed by atoms with Crippen molar-refractivity contribution in [2.24, 2.45) is 0 Å². The molecule has 3 heteroatoms. The number of aliphatic carboxylic acids is 1. The molecule has 1 heterocycles. The predicted molar refractivity (Wildman–Crippen MR) is 63.5 cm³/mol. The number of hydrogen-bond donors (Lipinski definition) is 1. The normalized spacial score (nSPS) is 10.6. The molecule has 2 aromatic rings. The fourth-order valence-electron chi connectivity index (χ4n) is 1.83. The number of carbonyl (C=O) groups is 1. The Morgan fingerprint density at radius 3 is 2.81 bits per heavy atom. The first-order valence-corrected chi connectivity index (χ1v) is 5.05. The quantitative estimate of drug-likeness (QED) is 0.799. The van der Waals surface area contributed by atoms with E-state index in [-0.39, 0.29) is 5.57 Å². The summed E-state index contributed by atoms with van der Waals surface area (Å²) in [4.78, 5) is 10.7. The molecule has 82 valence electrons. The average Bonchev–Trinajstić information content (AvgIpc) is 2.57. The number of hydrogen-bond acceptors (Lipinski definition) is 1. The largest absolute Gasteiger partial charge is 0.478 e. The van der Waals surface area contributed by atoms with Crippen LogP contribution in [0.2, 0.25) is 0 Å². The summed E-state index contributed by atoms with van der Waals surface area (Å²) in [5.74, 6) is -0.949. The molecule has 0 aliphatic carbocycles. The monoisotopic (exact) mass is 215 g/mol. The smallest absolute Gasteiger partial charge is 0.332 e. The van der Waals surface area contributed by atoms with Crippen LogP contribution < -0.4 is 0 Å². The van der Waals surface area contributed by atoms with E-state index in [2.05, 4.69) is 6.58 Å². The third-order valence-electron chi connectivity index (χ3n) is 2.65. The van der Waals surface area contributed by atoms with Crippen molar-refractivity contribution >= 4 is 16.9 Å². The second-order valence-corrected chi connectivity index (χ2v) is 3.87. The van der Waals surface area contributed by atoms with E-state index in [0.717, 1.165) is 16.5 Å². The van der Waals surface area contributed by atoms with Gasteiger partial charge in [-0.2, -0.15) is 0 Å². The minimum atomic E-state index is -0.949. The van der Waals surface area contributed by atoms with E-state index >= 15 is 0 Å². The van der Waals surface area contributed by atoms with Gasteiger partial charge in [0.05, 0.1) is 6.54 Å². The summed E-state index contributed by atoms with van der Waals surface area (Å²) in [7, 11) is 0. The van der Waals surface area contributed by atoms with Crippen molar-refractivity contribution in [1.82, 2.24) is 4.57 Å². The van der Waals surface area contributed by atoms with Crippen LogP contribution in [0.3, 0.4) is 0 Å². The van der Waals surface area contributed by atoms with Crippen LogP contribution in [0.25, 0.3) is 10.9 Å². The standard InChI is InChI=1S/C13H13NO2/c1-9-7-14(8-10(2)13(15)16)12-6-4-3-5-11(9)12/h3-7H,2,8H2,1H3,(H,15,16). The molecule has 3 nitrogen and oxygen atoms in total. The molecule has 0 unspecified atom stereocenters. The van der Waals surface area contributed by atoms with Crippen LogP contribution in [0.1, 0.15) is 5.56 Å². The summed E-state index contributed by atoms with van der Waals surface area (Å²) in [6.45, 7) is 5.88. The van der Waals surface area contributed by atoms with Crippen molar-refractivity contribution < 1.29 is 9.90 Å². The van der Waals surface area contributed by atoms with Gasteiger partial charge in [0.25, 0.3) is 0 Å². The lowest BCUT2D eigenvalue weighted by molar-refractivity contribution is -0.132. The van der Waals surface area contributed by atoms with Gasteiger partial charge in [-0.3, -0.25) is 0 Å². The zero-order valence-electron chi connectivity index (χ0n) is 9.10. The Morgan fingerprint density at radius 1 is 1.44 bits per heavy atom. The van der Waals surface area contributed by atoms with E-state index in [9.17, 15) is 4.79 Å². The van der Waals surface area contributed by atoms with Crippen molar-refractivity contribution in [3.63, 3.8) is 0 Å². The van der Waals surface area contributed by atoms with Crippen molar-refractivity contribution in [1.29, 1.82) is 0 Å². The van der Waals surface area contributed by atoms with Crippen LogP contribution in [-0.4, -0.2) is 15.6 Å². The molecule has 0 spiro atoms. The van der Waals surface area contributed by atoms with E-state index in [1.165, 1.54) is 0 Å². The summed E-state index contributed by atoms with van der Waals surface area (Å²) in [6, 6.07) is 7.94. The van der Waals surface area contributed by atoms with Gasteiger partial charge in [-0.25, -0.2) is 4.79 Å². The maximum atomic E-state index is 10.7. The Balaban J connectivity index is 2.46. The highest BCUT2D eigenvalue weighted by atomic mass is 16.4. The van der Waals surface area contributed by atoms with Crippen LogP contribution in [0, 0.1) is 6.92 Å². The van der Waals surface area contributed by atoms with E-state index in [0.29, 0.717) is 6.54 Å². The number of carboxylic acids is 1. The molecule has 0 radical (unpaired) electrons. The number of benzene rings is 1. The van der Waals surface area contributed by atoms with Crippen molar-refractivity contribution in [2.45, 2.75) is 13.5 Å². The summed E-state index contributed by atoms with van der Waals surface area (Å²) < 4.78 is 1.92. The number of nitrogens with zero attached hydrogens (tertiary/aromatic N) is 1. The third-order valence-corrected chi connectivity index (χ3v) is 2.65. The van der Waals surface area contributed by atoms with Gasteiger partial charge in [0.15, 0.2) is 0 Å². The number of fused-ring (bicyclic) bond motifs is 1. The first kappa shape index (κ1) is 10.5. The van der Waals surface area contributed by atoms with Gasteiger partial charge in [0.2, 0.25) is 0 Å². The summed E-state index contributed by atoms with van der Waals surface area (Å²) >= 11 is 0. The lowest BCUT2D eigenvalue weighted by Gasteiger charge is -2.04. The van der Waals surface area contributed by atoms with Crippen molar-refractivity contribution in [3.8, 4) is 0 Å². The lowest BCUT2D eigenvalue weighted by atomic mass is 10.2. The highest BCUT2D eigenvalue weighted by Gasteiger charge is 2.08. The molecule has 1 N–H and O–H groups in total. The number of para-hydroxylation sites is 1. The molecule has 0 aliphatic heterocycles. The zero-order chi connectivity index (χ0) is 11.7.